The van der Waals surface area contributed by atoms with Gasteiger partial charge >= 0.3 is 0 Å². The molecule has 1 fully saturated rings. The molecule has 1 aromatic rings. The van der Waals surface area contributed by atoms with Crippen molar-refractivity contribution < 1.29 is 12.8 Å². The molecule has 1 heterocycles. The fraction of sp³-hybridized carbons (Fsp3) is 0.733. The van der Waals surface area contributed by atoms with Crippen molar-refractivity contribution in [1.29, 1.82) is 0 Å². The summed E-state index contributed by atoms with van der Waals surface area (Å²) in [5.74, 6) is 1.39. The summed E-state index contributed by atoms with van der Waals surface area (Å²) in [6, 6.07) is 3.27. The lowest BCUT2D eigenvalue weighted by Crippen LogP contribution is -2.37. The van der Waals surface area contributed by atoms with Crippen molar-refractivity contribution in [2.24, 2.45) is 5.92 Å². The molecule has 0 bridgehead atoms. The monoisotopic (exact) mass is 314 g/mol. The van der Waals surface area contributed by atoms with E-state index in [2.05, 4.69) is 17.0 Å². The Morgan fingerprint density at radius 3 is 2.57 bits per heavy atom. The minimum absolute atomic E-state index is 0.0171. The third kappa shape index (κ3) is 4.56. The van der Waals surface area contributed by atoms with E-state index in [1.807, 2.05) is 0 Å². The third-order valence-corrected chi connectivity index (χ3v) is 5.51. The van der Waals surface area contributed by atoms with Gasteiger partial charge in [0, 0.05) is 6.04 Å². The largest absolute Gasteiger partial charge is 0.447 e. The van der Waals surface area contributed by atoms with Crippen LogP contribution in [0.15, 0.2) is 21.6 Å². The Morgan fingerprint density at radius 1 is 1.24 bits per heavy atom. The first kappa shape index (κ1) is 16.5. The molecule has 21 heavy (non-hydrogen) atoms. The van der Waals surface area contributed by atoms with Crippen LogP contribution in [0.3, 0.4) is 0 Å². The Hall–Kier alpha value is -0.850. The molecule has 120 valence electrons. The summed E-state index contributed by atoms with van der Waals surface area (Å²) < 4.78 is 32.8. The van der Waals surface area contributed by atoms with Gasteiger partial charge in [-0.2, -0.15) is 0 Å². The molecule has 1 saturated carbocycles. The predicted molar refractivity (Wildman–Crippen MR) is 82.4 cm³/mol. The number of nitrogens with one attached hydrogen (secondary N) is 2. The third-order valence-electron chi connectivity index (χ3n) is 4.12. The van der Waals surface area contributed by atoms with Gasteiger partial charge in [0.15, 0.2) is 0 Å². The summed E-state index contributed by atoms with van der Waals surface area (Å²) in [6.45, 7) is 2.73. The summed E-state index contributed by atoms with van der Waals surface area (Å²) in [5, 5.41) is 2.96. The SMILES string of the molecule is CCCC1CCC(NS(=O)(=O)c2ccc(CNC)o2)CC1. The van der Waals surface area contributed by atoms with Crippen molar-refractivity contribution in [3.8, 4) is 0 Å². The van der Waals surface area contributed by atoms with Gasteiger partial charge in [0.25, 0.3) is 10.0 Å². The lowest BCUT2D eigenvalue weighted by molar-refractivity contribution is 0.295. The van der Waals surface area contributed by atoms with Crippen molar-refractivity contribution in [2.45, 2.75) is 63.1 Å². The van der Waals surface area contributed by atoms with Crippen LogP contribution in [-0.4, -0.2) is 21.5 Å². The number of sulfonamides is 1. The Bertz CT molecular complexity index is 531. The van der Waals surface area contributed by atoms with Gasteiger partial charge in [0.05, 0.1) is 6.54 Å². The van der Waals surface area contributed by atoms with E-state index >= 15 is 0 Å². The van der Waals surface area contributed by atoms with Crippen LogP contribution in [0.2, 0.25) is 0 Å². The predicted octanol–water partition coefficient (Wildman–Crippen LogP) is 2.64. The summed E-state index contributed by atoms with van der Waals surface area (Å²) in [7, 11) is -1.74. The van der Waals surface area contributed by atoms with Crippen LogP contribution in [0.25, 0.3) is 0 Å². The van der Waals surface area contributed by atoms with Gasteiger partial charge in [-0.05, 0) is 50.8 Å². The molecule has 0 amide bonds. The molecule has 1 aliphatic rings. The highest BCUT2D eigenvalue weighted by atomic mass is 32.2. The maximum absolute atomic E-state index is 12.3. The number of hydrogen-bond acceptors (Lipinski definition) is 4. The van der Waals surface area contributed by atoms with Crippen LogP contribution in [0, 0.1) is 5.92 Å². The standard InChI is InChI=1S/C15H26N2O3S/c1-3-4-12-5-7-13(8-6-12)17-21(18,19)15-10-9-14(20-15)11-16-2/h9-10,12-13,16-17H,3-8,11H2,1-2H3. The van der Waals surface area contributed by atoms with Crippen LogP contribution in [0.4, 0.5) is 0 Å². The summed E-state index contributed by atoms with van der Waals surface area (Å²) in [4.78, 5) is 0. The normalized spacial score (nSPS) is 23.3. The number of rotatable bonds is 7. The zero-order chi connectivity index (χ0) is 15.3. The van der Waals surface area contributed by atoms with Gasteiger partial charge in [-0.1, -0.05) is 19.8 Å². The van der Waals surface area contributed by atoms with Crippen molar-refractivity contribution in [2.75, 3.05) is 7.05 Å². The maximum Gasteiger partial charge on any atom is 0.274 e. The first-order chi connectivity index (χ1) is 10.0. The Morgan fingerprint density at radius 2 is 1.95 bits per heavy atom. The Labute approximate surface area is 127 Å². The van der Waals surface area contributed by atoms with Gasteiger partial charge in [0.2, 0.25) is 5.09 Å². The van der Waals surface area contributed by atoms with E-state index in [9.17, 15) is 8.42 Å². The second kappa shape index (κ2) is 7.42. The summed E-state index contributed by atoms with van der Waals surface area (Å²) >= 11 is 0. The molecule has 1 aromatic heterocycles. The first-order valence-corrected chi connectivity index (χ1v) is 9.29. The zero-order valence-electron chi connectivity index (χ0n) is 12.9. The average Bonchev–Trinajstić information content (AvgIpc) is 2.91. The van der Waals surface area contributed by atoms with Crippen LogP contribution in [0.5, 0.6) is 0 Å². The van der Waals surface area contributed by atoms with Gasteiger partial charge in [-0.3, -0.25) is 0 Å². The molecule has 2 N–H and O–H groups in total. The Kier molecular flexibility index (Phi) is 5.84. The molecule has 0 aromatic carbocycles. The molecule has 6 heteroatoms. The molecule has 0 unspecified atom stereocenters. The van der Waals surface area contributed by atoms with Crippen molar-refractivity contribution in [1.82, 2.24) is 10.0 Å². The fourth-order valence-electron chi connectivity index (χ4n) is 3.03. The van der Waals surface area contributed by atoms with Gasteiger partial charge in [-0.25, -0.2) is 13.1 Å². The second-order valence-corrected chi connectivity index (χ2v) is 7.52. The van der Waals surface area contributed by atoms with Crippen LogP contribution < -0.4 is 10.0 Å². The molecule has 1 aliphatic carbocycles. The topological polar surface area (TPSA) is 71.3 Å². The molecular formula is C15H26N2O3S. The first-order valence-electron chi connectivity index (χ1n) is 7.80. The second-order valence-electron chi connectivity index (χ2n) is 5.88. The van der Waals surface area contributed by atoms with Gasteiger partial charge in [0.1, 0.15) is 5.76 Å². The number of furan rings is 1. The molecule has 0 aliphatic heterocycles. The highest BCUT2D eigenvalue weighted by Crippen LogP contribution is 2.28. The fourth-order valence-corrected chi connectivity index (χ4v) is 4.28. The summed E-state index contributed by atoms with van der Waals surface area (Å²) in [5.41, 5.74) is 0. The molecule has 5 nitrogen and oxygen atoms in total. The quantitative estimate of drug-likeness (QED) is 0.811. The van der Waals surface area contributed by atoms with E-state index in [0.29, 0.717) is 12.3 Å². The van der Waals surface area contributed by atoms with E-state index in [-0.39, 0.29) is 11.1 Å². The Balaban J connectivity index is 1.92. The highest BCUT2D eigenvalue weighted by molar-refractivity contribution is 7.89. The minimum Gasteiger partial charge on any atom is -0.447 e. The molecule has 0 saturated heterocycles. The minimum atomic E-state index is -3.53. The van der Waals surface area contributed by atoms with E-state index in [1.54, 1.807) is 13.1 Å². The van der Waals surface area contributed by atoms with Crippen LogP contribution in [0.1, 0.15) is 51.2 Å². The van der Waals surface area contributed by atoms with Gasteiger partial charge < -0.3 is 9.73 Å². The zero-order valence-corrected chi connectivity index (χ0v) is 13.7. The van der Waals surface area contributed by atoms with E-state index in [0.717, 1.165) is 31.6 Å². The smallest absolute Gasteiger partial charge is 0.274 e. The molecule has 2 rings (SSSR count). The molecule has 0 atom stereocenters. The van der Waals surface area contributed by atoms with Crippen molar-refractivity contribution in [3.63, 3.8) is 0 Å². The average molecular weight is 314 g/mol. The maximum atomic E-state index is 12.3. The van der Waals surface area contributed by atoms with Crippen molar-refractivity contribution >= 4 is 10.0 Å². The lowest BCUT2D eigenvalue weighted by Gasteiger charge is -2.28. The van der Waals surface area contributed by atoms with E-state index in [1.165, 1.54) is 18.9 Å². The van der Waals surface area contributed by atoms with Gasteiger partial charge in [-0.15, -0.1) is 0 Å². The summed E-state index contributed by atoms with van der Waals surface area (Å²) in [6.07, 6.45) is 6.54. The van der Waals surface area contributed by atoms with Crippen LogP contribution >= 0.6 is 0 Å². The van der Waals surface area contributed by atoms with Crippen LogP contribution in [-0.2, 0) is 16.6 Å². The highest BCUT2D eigenvalue weighted by Gasteiger charge is 2.27. The van der Waals surface area contributed by atoms with Crippen molar-refractivity contribution in [3.05, 3.63) is 17.9 Å². The molecular weight excluding hydrogens is 288 g/mol. The number of hydrogen-bond donors (Lipinski definition) is 2. The van der Waals surface area contributed by atoms with E-state index in [4.69, 9.17) is 4.42 Å². The lowest BCUT2D eigenvalue weighted by atomic mass is 9.84. The molecule has 0 radical (unpaired) electrons. The van der Waals surface area contributed by atoms with E-state index < -0.39 is 10.0 Å². The molecule has 0 spiro atoms.